The fourth-order valence-corrected chi connectivity index (χ4v) is 2.93. The highest BCUT2D eigenvalue weighted by Crippen LogP contribution is 2.29. The van der Waals surface area contributed by atoms with E-state index < -0.39 is 5.97 Å². The Bertz CT molecular complexity index is 1320. The van der Waals surface area contributed by atoms with Crippen molar-refractivity contribution in [3.05, 3.63) is 75.3 Å². The van der Waals surface area contributed by atoms with Gasteiger partial charge in [0.25, 0.3) is 5.56 Å². The molecule has 4 rings (SSSR count). The molecule has 4 aromatic rings. The van der Waals surface area contributed by atoms with Crippen LogP contribution in [0.2, 0.25) is 0 Å². The van der Waals surface area contributed by atoms with Crippen molar-refractivity contribution in [2.75, 3.05) is 0 Å². The van der Waals surface area contributed by atoms with Gasteiger partial charge in [-0.15, -0.1) is 0 Å². The van der Waals surface area contributed by atoms with Crippen LogP contribution >= 0.6 is 0 Å². The first-order valence-electron chi connectivity index (χ1n) is 8.90. The number of ether oxygens (including phenoxy) is 1. The number of carbonyl (C=O) groups is 1. The molecule has 2 aromatic carbocycles. The summed E-state index contributed by atoms with van der Waals surface area (Å²) in [7, 11) is 0. The Morgan fingerprint density at radius 1 is 1.10 bits per heavy atom. The number of carboxylic acids is 1. The van der Waals surface area contributed by atoms with Gasteiger partial charge in [0.15, 0.2) is 0 Å². The van der Waals surface area contributed by atoms with Gasteiger partial charge in [0.1, 0.15) is 11.5 Å². The molecule has 2 N–H and O–H groups in total. The summed E-state index contributed by atoms with van der Waals surface area (Å²) in [4.78, 5) is 30.7. The number of nitrogens with zero attached hydrogens (tertiary/aromatic N) is 3. The lowest BCUT2D eigenvalue weighted by Crippen LogP contribution is -2.14. The maximum Gasteiger partial charge on any atom is 0.338 e. The van der Waals surface area contributed by atoms with Crippen molar-refractivity contribution in [2.45, 2.75) is 20.8 Å². The van der Waals surface area contributed by atoms with Crippen LogP contribution in [0.25, 0.3) is 16.9 Å². The number of aromatic carboxylic acids is 1. The molecule has 0 saturated heterocycles. The molecule has 0 radical (unpaired) electrons. The molecule has 2 aromatic heterocycles. The van der Waals surface area contributed by atoms with E-state index in [1.54, 1.807) is 12.1 Å². The molecule has 8 heteroatoms. The van der Waals surface area contributed by atoms with Crippen molar-refractivity contribution in [1.29, 1.82) is 0 Å². The van der Waals surface area contributed by atoms with Gasteiger partial charge >= 0.3 is 5.97 Å². The molecule has 2 heterocycles. The van der Waals surface area contributed by atoms with Crippen LogP contribution in [0.1, 0.15) is 27.0 Å². The zero-order valence-electron chi connectivity index (χ0n) is 16.1. The lowest BCUT2D eigenvalue weighted by Gasteiger charge is -2.11. The van der Waals surface area contributed by atoms with Gasteiger partial charge in [-0.1, -0.05) is 6.07 Å². The molecule has 0 aliphatic carbocycles. The minimum atomic E-state index is -1.11. The fraction of sp³-hybridized carbons (Fsp3) is 0.143. The molecular formula is C21H18N4O4. The number of hydrogen-bond acceptors (Lipinski definition) is 5. The van der Waals surface area contributed by atoms with E-state index in [2.05, 4.69) is 15.1 Å². The molecule has 0 saturated carbocycles. The Balaban J connectivity index is 1.75. The number of carboxylic acid groups (broad SMARTS) is 1. The molecule has 29 heavy (non-hydrogen) atoms. The number of fused-ring (bicyclic) bond motifs is 1. The summed E-state index contributed by atoms with van der Waals surface area (Å²) >= 11 is 0. The average molecular weight is 390 g/mol. The third-order valence-electron chi connectivity index (χ3n) is 4.74. The molecular weight excluding hydrogens is 372 g/mol. The van der Waals surface area contributed by atoms with E-state index in [0.29, 0.717) is 22.4 Å². The predicted octanol–water partition coefficient (Wildman–Crippen LogP) is 3.52. The first-order chi connectivity index (χ1) is 13.8. The lowest BCUT2D eigenvalue weighted by atomic mass is 10.1. The van der Waals surface area contributed by atoms with Crippen LogP contribution < -0.4 is 10.3 Å². The van der Waals surface area contributed by atoms with Crippen LogP contribution in [-0.4, -0.2) is 30.8 Å². The SMILES string of the molecule is Cc1ccc(Oc2cc3c(=O)[nH]c(-n4cc(C(=O)O)cn4)nc3cc2C)cc1C. The van der Waals surface area contributed by atoms with E-state index in [0.717, 1.165) is 11.1 Å². The molecule has 0 atom stereocenters. The standard InChI is InChI=1S/C21H18N4O4/c1-11-4-5-15(6-12(11)2)29-18-8-16-17(7-13(18)3)23-21(24-19(16)26)25-10-14(9-22-25)20(27)28/h4-10H,1-3H3,(H,27,28)(H,23,24,26). The van der Waals surface area contributed by atoms with Gasteiger partial charge < -0.3 is 9.84 Å². The van der Waals surface area contributed by atoms with Gasteiger partial charge in [0, 0.05) is 6.20 Å². The van der Waals surface area contributed by atoms with E-state index in [9.17, 15) is 9.59 Å². The van der Waals surface area contributed by atoms with Gasteiger partial charge in [-0.05, 0) is 61.7 Å². The first-order valence-corrected chi connectivity index (χ1v) is 8.90. The Labute approximate surface area is 165 Å². The second kappa shape index (κ2) is 6.90. The molecule has 0 unspecified atom stereocenters. The number of benzene rings is 2. The Morgan fingerprint density at radius 2 is 1.90 bits per heavy atom. The summed E-state index contributed by atoms with van der Waals surface area (Å²) in [6.45, 7) is 5.91. The number of hydrogen-bond donors (Lipinski definition) is 2. The van der Waals surface area contributed by atoms with Crippen LogP contribution in [0, 0.1) is 20.8 Å². The number of aromatic amines is 1. The van der Waals surface area contributed by atoms with Crippen LogP contribution in [0.5, 0.6) is 11.5 Å². The van der Waals surface area contributed by atoms with Crippen LogP contribution in [0.4, 0.5) is 0 Å². The van der Waals surface area contributed by atoms with Gasteiger partial charge in [0.2, 0.25) is 5.95 Å². The average Bonchev–Trinajstić information content (AvgIpc) is 3.16. The largest absolute Gasteiger partial charge is 0.478 e. The second-order valence-corrected chi connectivity index (χ2v) is 6.85. The maximum atomic E-state index is 12.6. The van der Waals surface area contributed by atoms with E-state index >= 15 is 0 Å². The Hall–Kier alpha value is -3.94. The summed E-state index contributed by atoms with van der Waals surface area (Å²) in [5.74, 6) is 0.281. The fourth-order valence-electron chi connectivity index (χ4n) is 2.93. The van der Waals surface area contributed by atoms with Crippen molar-refractivity contribution in [1.82, 2.24) is 19.7 Å². The van der Waals surface area contributed by atoms with Gasteiger partial charge in [-0.2, -0.15) is 5.10 Å². The van der Waals surface area contributed by atoms with E-state index in [1.807, 2.05) is 39.0 Å². The van der Waals surface area contributed by atoms with E-state index in [4.69, 9.17) is 9.84 Å². The lowest BCUT2D eigenvalue weighted by molar-refractivity contribution is 0.0697. The molecule has 0 amide bonds. The topological polar surface area (TPSA) is 110 Å². The summed E-state index contributed by atoms with van der Waals surface area (Å²) in [5.41, 5.74) is 3.19. The number of H-pyrrole nitrogens is 1. The molecule has 0 aliphatic rings. The van der Waals surface area contributed by atoms with Gasteiger partial charge in [0.05, 0.1) is 22.7 Å². The number of rotatable bonds is 4. The third kappa shape index (κ3) is 3.47. The second-order valence-electron chi connectivity index (χ2n) is 6.85. The van der Waals surface area contributed by atoms with Crippen molar-refractivity contribution >= 4 is 16.9 Å². The van der Waals surface area contributed by atoms with Crippen molar-refractivity contribution in [3.8, 4) is 17.4 Å². The molecule has 0 bridgehead atoms. The minimum absolute atomic E-state index is 0.000987. The highest BCUT2D eigenvalue weighted by molar-refractivity contribution is 5.87. The quantitative estimate of drug-likeness (QED) is 0.552. The Kier molecular flexibility index (Phi) is 4.38. The zero-order valence-corrected chi connectivity index (χ0v) is 16.1. The van der Waals surface area contributed by atoms with Gasteiger partial charge in [-0.3, -0.25) is 9.78 Å². The number of aryl methyl sites for hydroxylation is 3. The normalized spacial score (nSPS) is 11.0. The van der Waals surface area contributed by atoms with Crippen molar-refractivity contribution in [2.24, 2.45) is 0 Å². The first kappa shape index (κ1) is 18.4. The number of aromatic nitrogens is 4. The summed E-state index contributed by atoms with van der Waals surface area (Å²) in [5, 5.41) is 13.3. The van der Waals surface area contributed by atoms with Crippen LogP contribution in [0.3, 0.4) is 0 Å². The van der Waals surface area contributed by atoms with Crippen LogP contribution in [0.15, 0.2) is 47.5 Å². The van der Waals surface area contributed by atoms with Gasteiger partial charge in [-0.25, -0.2) is 14.5 Å². The van der Waals surface area contributed by atoms with E-state index in [1.165, 1.54) is 22.6 Å². The minimum Gasteiger partial charge on any atom is -0.478 e. The summed E-state index contributed by atoms with van der Waals surface area (Å²) in [6, 6.07) is 9.22. The highest BCUT2D eigenvalue weighted by atomic mass is 16.5. The third-order valence-corrected chi connectivity index (χ3v) is 4.74. The number of nitrogens with one attached hydrogen (secondary N) is 1. The summed E-state index contributed by atoms with van der Waals surface area (Å²) < 4.78 is 7.21. The zero-order chi connectivity index (χ0) is 20.7. The molecule has 0 fully saturated rings. The Morgan fingerprint density at radius 3 is 2.59 bits per heavy atom. The smallest absolute Gasteiger partial charge is 0.338 e. The van der Waals surface area contributed by atoms with E-state index in [-0.39, 0.29) is 17.1 Å². The molecule has 0 aliphatic heterocycles. The monoisotopic (exact) mass is 390 g/mol. The maximum absolute atomic E-state index is 12.6. The van der Waals surface area contributed by atoms with Crippen LogP contribution in [-0.2, 0) is 0 Å². The van der Waals surface area contributed by atoms with Crippen molar-refractivity contribution in [3.63, 3.8) is 0 Å². The summed E-state index contributed by atoms with van der Waals surface area (Å²) in [6.07, 6.45) is 2.48. The highest BCUT2D eigenvalue weighted by Gasteiger charge is 2.13. The predicted molar refractivity (Wildman–Crippen MR) is 107 cm³/mol. The molecule has 8 nitrogen and oxygen atoms in total. The van der Waals surface area contributed by atoms with Crippen molar-refractivity contribution < 1.29 is 14.6 Å². The molecule has 0 spiro atoms. The molecule has 146 valence electrons.